The zero-order valence-electron chi connectivity index (χ0n) is 6.40. The maximum absolute atomic E-state index is 12.4. The molecule has 1 aromatic rings. The van der Waals surface area contributed by atoms with E-state index in [0.717, 1.165) is 0 Å². The summed E-state index contributed by atoms with van der Waals surface area (Å²) in [6.07, 6.45) is -2.59. The lowest BCUT2D eigenvalue weighted by atomic mass is 10.1. The van der Waals surface area contributed by atoms with E-state index in [1.807, 2.05) is 0 Å². The van der Waals surface area contributed by atoms with Crippen molar-refractivity contribution < 1.29 is 8.78 Å². The topological polar surface area (TPSA) is 38.9 Å². The molecule has 2 N–H and O–H groups in total. The number of nitrogens with two attached hydrogens (primary N) is 1. The number of hydrogen-bond acceptors (Lipinski definition) is 2. The first kappa shape index (κ1) is 10.8. The molecule has 1 rings (SSSR count). The second kappa shape index (κ2) is 4.30. The van der Waals surface area contributed by atoms with E-state index < -0.39 is 6.43 Å². The molecule has 0 saturated carbocycles. The molecule has 72 valence electrons. The SMILES string of the molecule is NCc1c(C(F)F)cc(Br)nc1Cl. The monoisotopic (exact) mass is 270 g/mol. The summed E-state index contributed by atoms with van der Waals surface area (Å²) in [6, 6.07) is 1.22. The number of aromatic nitrogens is 1. The fourth-order valence-electron chi connectivity index (χ4n) is 0.925. The van der Waals surface area contributed by atoms with Crippen LogP contribution in [0.25, 0.3) is 0 Å². The minimum absolute atomic E-state index is 0.0205. The third kappa shape index (κ3) is 2.36. The number of nitrogens with zero attached hydrogens (tertiary/aromatic N) is 1. The summed E-state index contributed by atoms with van der Waals surface area (Å²) in [5.41, 5.74) is 5.29. The third-order valence-electron chi connectivity index (χ3n) is 1.52. The van der Waals surface area contributed by atoms with Gasteiger partial charge in [-0.2, -0.15) is 0 Å². The number of pyridine rings is 1. The first-order chi connectivity index (χ1) is 6.06. The lowest BCUT2D eigenvalue weighted by Gasteiger charge is -2.08. The highest BCUT2D eigenvalue weighted by Crippen LogP contribution is 2.29. The highest BCUT2D eigenvalue weighted by molar-refractivity contribution is 9.10. The van der Waals surface area contributed by atoms with Crippen molar-refractivity contribution in [2.45, 2.75) is 13.0 Å². The van der Waals surface area contributed by atoms with E-state index >= 15 is 0 Å². The van der Waals surface area contributed by atoms with E-state index in [4.69, 9.17) is 17.3 Å². The molecule has 0 atom stereocenters. The molecule has 1 aromatic heterocycles. The average Bonchev–Trinajstić information content (AvgIpc) is 2.02. The Bertz CT molecular complexity index is 320. The van der Waals surface area contributed by atoms with E-state index in [0.29, 0.717) is 0 Å². The lowest BCUT2D eigenvalue weighted by molar-refractivity contribution is 0.150. The van der Waals surface area contributed by atoms with Crippen molar-refractivity contribution in [1.29, 1.82) is 0 Å². The van der Waals surface area contributed by atoms with E-state index in [9.17, 15) is 8.78 Å². The molecule has 6 heteroatoms. The number of alkyl halides is 2. The second-order valence-corrected chi connectivity index (χ2v) is 3.48. The van der Waals surface area contributed by atoms with Crippen molar-refractivity contribution in [3.8, 4) is 0 Å². The van der Waals surface area contributed by atoms with Crippen LogP contribution in [-0.2, 0) is 6.54 Å². The maximum Gasteiger partial charge on any atom is 0.264 e. The van der Waals surface area contributed by atoms with E-state index in [1.165, 1.54) is 6.07 Å². The summed E-state index contributed by atoms with van der Waals surface area (Å²) in [5, 5.41) is 0.0205. The maximum atomic E-state index is 12.4. The predicted octanol–water partition coefficient (Wildman–Crippen LogP) is 2.89. The van der Waals surface area contributed by atoms with Crippen molar-refractivity contribution in [3.63, 3.8) is 0 Å². The summed E-state index contributed by atoms with van der Waals surface area (Å²) >= 11 is 8.60. The van der Waals surface area contributed by atoms with Gasteiger partial charge >= 0.3 is 0 Å². The number of rotatable bonds is 2. The quantitative estimate of drug-likeness (QED) is 0.840. The molecule has 0 spiro atoms. The molecule has 1 heterocycles. The molecular formula is C7H6BrClF2N2. The Labute approximate surface area is 87.2 Å². The Balaban J connectivity index is 3.29. The fourth-order valence-corrected chi connectivity index (χ4v) is 1.73. The molecule has 0 aliphatic heterocycles. The number of halogens is 4. The van der Waals surface area contributed by atoms with Gasteiger partial charge in [-0.3, -0.25) is 0 Å². The molecule has 0 aliphatic carbocycles. The molecule has 13 heavy (non-hydrogen) atoms. The van der Waals surface area contributed by atoms with Gasteiger partial charge in [0, 0.05) is 17.7 Å². The van der Waals surface area contributed by atoms with Crippen LogP contribution in [0, 0.1) is 0 Å². The van der Waals surface area contributed by atoms with Crippen LogP contribution in [-0.4, -0.2) is 4.98 Å². The van der Waals surface area contributed by atoms with Crippen molar-refractivity contribution in [2.24, 2.45) is 5.73 Å². The van der Waals surface area contributed by atoms with Gasteiger partial charge in [0.05, 0.1) is 0 Å². The van der Waals surface area contributed by atoms with Crippen LogP contribution in [0.2, 0.25) is 5.15 Å². The third-order valence-corrected chi connectivity index (χ3v) is 2.24. The molecular weight excluding hydrogens is 265 g/mol. The van der Waals surface area contributed by atoms with Crippen LogP contribution in [0.15, 0.2) is 10.7 Å². The Morgan fingerprint density at radius 2 is 2.23 bits per heavy atom. The Hall–Kier alpha value is -0.260. The predicted molar refractivity (Wildman–Crippen MR) is 49.8 cm³/mol. The number of hydrogen-bond donors (Lipinski definition) is 1. The zero-order chi connectivity index (χ0) is 10.0. The van der Waals surface area contributed by atoms with Crippen LogP contribution >= 0.6 is 27.5 Å². The standard InChI is InChI=1S/C7H6BrClF2N2/c8-5-1-3(7(10)11)4(2-12)6(9)13-5/h1,7H,2,12H2. The van der Waals surface area contributed by atoms with Crippen LogP contribution in [0.1, 0.15) is 17.6 Å². The summed E-state index contributed by atoms with van der Waals surface area (Å²) < 4.78 is 25.1. The molecule has 2 nitrogen and oxygen atoms in total. The van der Waals surface area contributed by atoms with Crippen molar-refractivity contribution >= 4 is 27.5 Å². The largest absolute Gasteiger partial charge is 0.326 e. The van der Waals surface area contributed by atoms with E-state index in [2.05, 4.69) is 20.9 Å². The highest BCUT2D eigenvalue weighted by Gasteiger charge is 2.16. The summed E-state index contributed by atoms with van der Waals surface area (Å²) in [5.74, 6) is 0. The van der Waals surface area contributed by atoms with Crippen molar-refractivity contribution in [1.82, 2.24) is 4.98 Å². The van der Waals surface area contributed by atoms with Gasteiger partial charge in [-0.25, -0.2) is 13.8 Å². The van der Waals surface area contributed by atoms with Crippen LogP contribution in [0.5, 0.6) is 0 Å². The van der Waals surface area contributed by atoms with E-state index in [-0.39, 0.29) is 27.4 Å². The van der Waals surface area contributed by atoms with Crippen LogP contribution in [0.3, 0.4) is 0 Å². The summed E-state index contributed by atoms with van der Waals surface area (Å²) in [4.78, 5) is 3.76. The molecule has 0 radical (unpaired) electrons. The molecule has 0 amide bonds. The lowest BCUT2D eigenvalue weighted by Crippen LogP contribution is -2.04. The Morgan fingerprint density at radius 3 is 2.69 bits per heavy atom. The normalized spacial score (nSPS) is 10.9. The van der Waals surface area contributed by atoms with Gasteiger partial charge in [-0.05, 0) is 22.0 Å². The van der Waals surface area contributed by atoms with Gasteiger partial charge in [0.1, 0.15) is 9.76 Å². The molecule has 0 fully saturated rings. The molecule has 0 saturated heterocycles. The highest BCUT2D eigenvalue weighted by atomic mass is 79.9. The van der Waals surface area contributed by atoms with Gasteiger partial charge in [-0.15, -0.1) is 0 Å². The fraction of sp³-hybridized carbons (Fsp3) is 0.286. The molecule has 0 aliphatic rings. The van der Waals surface area contributed by atoms with Crippen molar-refractivity contribution in [3.05, 3.63) is 26.9 Å². The molecule has 0 bridgehead atoms. The average molecular weight is 271 g/mol. The second-order valence-electron chi connectivity index (χ2n) is 2.31. The molecule has 0 unspecified atom stereocenters. The van der Waals surface area contributed by atoms with Crippen molar-refractivity contribution in [2.75, 3.05) is 0 Å². The van der Waals surface area contributed by atoms with Gasteiger partial charge in [-0.1, -0.05) is 11.6 Å². The van der Waals surface area contributed by atoms with Crippen LogP contribution < -0.4 is 5.73 Å². The Kier molecular flexibility index (Phi) is 3.58. The summed E-state index contributed by atoms with van der Waals surface area (Å²) in [6.45, 7) is -0.0429. The first-order valence-electron chi connectivity index (χ1n) is 3.39. The minimum atomic E-state index is -2.59. The zero-order valence-corrected chi connectivity index (χ0v) is 8.74. The van der Waals surface area contributed by atoms with Crippen LogP contribution in [0.4, 0.5) is 8.78 Å². The first-order valence-corrected chi connectivity index (χ1v) is 4.56. The molecule has 0 aromatic carbocycles. The van der Waals surface area contributed by atoms with Gasteiger partial charge in [0.2, 0.25) is 0 Å². The van der Waals surface area contributed by atoms with Gasteiger partial charge in [0.25, 0.3) is 6.43 Å². The van der Waals surface area contributed by atoms with Gasteiger partial charge < -0.3 is 5.73 Å². The Morgan fingerprint density at radius 1 is 1.62 bits per heavy atom. The minimum Gasteiger partial charge on any atom is -0.326 e. The van der Waals surface area contributed by atoms with Gasteiger partial charge in [0.15, 0.2) is 0 Å². The smallest absolute Gasteiger partial charge is 0.264 e. The van der Waals surface area contributed by atoms with E-state index in [1.54, 1.807) is 0 Å². The summed E-state index contributed by atoms with van der Waals surface area (Å²) in [7, 11) is 0.